The van der Waals surface area contributed by atoms with E-state index in [1.807, 2.05) is 37.3 Å². The molecule has 0 unspecified atom stereocenters. The number of aromatic nitrogens is 2. The number of carbonyl (C=O) groups is 1. The van der Waals surface area contributed by atoms with E-state index < -0.39 is 0 Å². The van der Waals surface area contributed by atoms with Crippen LogP contribution in [-0.4, -0.2) is 28.4 Å². The molecule has 1 heterocycles. The average molecular weight is 505 g/mol. The maximum atomic E-state index is 13.1. The van der Waals surface area contributed by atoms with Crippen LogP contribution in [0.5, 0.6) is 5.75 Å². The molecule has 3 aromatic carbocycles. The average Bonchev–Trinajstić information content (AvgIpc) is 2.83. The van der Waals surface area contributed by atoms with Crippen LogP contribution in [0.15, 0.2) is 87.2 Å². The lowest BCUT2D eigenvalue weighted by Crippen LogP contribution is -2.22. The Morgan fingerprint density at radius 3 is 2.67 bits per heavy atom. The zero-order valence-electron chi connectivity index (χ0n) is 17.9. The first kappa shape index (κ1) is 22.4. The summed E-state index contributed by atoms with van der Waals surface area (Å²) in [6.45, 7) is 1.76. The fraction of sp³-hybridized carbons (Fsp3) is 0.120. The summed E-state index contributed by atoms with van der Waals surface area (Å²) in [5.74, 6) is 0.750. The summed E-state index contributed by atoms with van der Waals surface area (Å²) in [5, 5.41) is 7.65. The number of nitrogens with one attached hydrogen (secondary N) is 1. The van der Waals surface area contributed by atoms with Gasteiger partial charge in [0.2, 0.25) is 0 Å². The molecule has 1 amide bonds. The first-order valence-corrected chi connectivity index (χ1v) is 11.2. The Morgan fingerprint density at radius 1 is 1.12 bits per heavy atom. The molecule has 0 saturated carbocycles. The number of carbonyl (C=O) groups excluding carboxylic acids is 1. The Balaban J connectivity index is 1.57. The predicted molar refractivity (Wildman–Crippen MR) is 133 cm³/mol. The van der Waals surface area contributed by atoms with Crippen molar-refractivity contribution < 1.29 is 9.53 Å². The first-order chi connectivity index (χ1) is 16.0. The van der Waals surface area contributed by atoms with E-state index in [0.717, 1.165) is 4.47 Å². The van der Waals surface area contributed by atoms with Gasteiger partial charge in [-0.1, -0.05) is 53.2 Å². The van der Waals surface area contributed by atoms with Crippen molar-refractivity contribution in [3.8, 4) is 5.75 Å². The SMILES string of the molecule is CCc1nc2ccc(Br)cc2c(=O)n1N=Cc1ccccc1OCC(=O)Nc1ccccc1. The lowest BCUT2D eigenvalue weighted by atomic mass is 10.2. The topological polar surface area (TPSA) is 85.6 Å². The van der Waals surface area contributed by atoms with Crippen LogP contribution in [0, 0.1) is 0 Å². The highest BCUT2D eigenvalue weighted by Crippen LogP contribution is 2.18. The third kappa shape index (κ3) is 5.35. The van der Waals surface area contributed by atoms with Gasteiger partial charge in [-0.25, -0.2) is 4.98 Å². The van der Waals surface area contributed by atoms with Crippen LogP contribution < -0.4 is 15.6 Å². The molecule has 0 fully saturated rings. The minimum absolute atomic E-state index is 0.161. The van der Waals surface area contributed by atoms with Crippen LogP contribution in [0.1, 0.15) is 18.3 Å². The molecule has 33 heavy (non-hydrogen) atoms. The number of anilines is 1. The smallest absolute Gasteiger partial charge is 0.282 e. The fourth-order valence-electron chi connectivity index (χ4n) is 3.24. The second-order valence-electron chi connectivity index (χ2n) is 7.15. The fourth-order valence-corrected chi connectivity index (χ4v) is 3.60. The molecular formula is C25H21BrN4O3. The predicted octanol–water partition coefficient (Wildman–Crippen LogP) is 4.62. The Labute approximate surface area is 198 Å². The molecule has 0 atom stereocenters. The first-order valence-electron chi connectivity index (χ1n) is 10.4. The van der Waals surface area contributed by atoms with E-state index in [0.29, 0.717) is 40.1 Å². The Morgan fingerprint density at radius 2 is 1.88 bits per heavy atom. The molecule has 0 spiro atoms. The number of para-hydroxylation sites is 2. The highest BCUT2D eigenvalue weighted by atomic mass is 79.9. The van der Waals surface area contributed by atoms with Gasteiger partial charge >= 0.3 is 0 Å². The number of nitrogens with zero attached hydrogens (tertiary/aromatic N) is 3. The Kier molecular flexibility index (Phi) is 6.95. The van der Waals surface area contributed by atoms with Gasteiger partial charge in [0.15, 0.2) is 6.61 Å². The van der Waals surface area contributed by atoms with E-state index in [1.165, 1.54) is 10.9 Å². The molecule has 0 aliphatic heterocycles. The lowest BCUT2D eigenvalue weighted by molar-refractivity contribution is -0.118. The van der Waals surface area contributed by atoms with Crippen molar-refractivity contribution in [2.75, 3.05) is 11.9 Å². The molecule has 0 saturated heterocycles. The number of ether oxygens (including phenoxy) is 1. The number of aryl methyl sites for hydroxylation is 1. The lowest BCUT2D eigenvalue weighted by Gasteiger charge is -2.10. The van der Waals surface area contributed by atoms with Crippen LogP contribution in [0.2, 0.25) is 0 Å². The van der Waals surface area contributed by atoms with Gasteiger partial charge in [-0.2, -0.15) is 9.78 Å². The second-order valence-corrected chi connectivity index (χ2v) is 8.06. The van der Waals surface area contributed by atoms with Crippen LogP contribution in [0.25, 0.3) is 10.9 Å². The van der Waals surface area contributed by atoms with E-state index in [4.69, 9.17) is 4.74 Å². The molecule has 0 aliphatic rings. The summed E-state index contributed by atoms with van der Waals surface area (Å²) in [7, 11) is 0. The number of hydrogen-bond donors (Lipinski definition) is 1. The maximum Gasteiger partial charge on any atom is 0.282 e. The third-order valence-corrected chi connectivity index (χ3v) is 5.33. The van der Waals surface area contributed by atoms with Crippen molar-refractivity contribution in [3.05, 3.63) is 99.0 Å². The summed E-state index contributed by atoms with van der Waals surface area (Å²) in [4.78, 5) is 29.9. The minimum Gasteiger partial charge on any atom is -0.483 e. The van der Waals surface area contributed by atoms with E-state index >= 15 is 0 Å². The molecular weight excluding hydrogens is 484 g/mol. The molecule has 0 radical (unpaired) electrons. The van der Waals surface area contributed by atoms with Gasteiger partial charge in [-0.3, -0.25) is 9.59 Å². The number of fused-ring (bicyclic) bond motifs is 1. The van der Waals surface area contributed by atoms with Crippen molar-refractivity contribution in [1.82, 2.24) is 9.66 Å². The number of amides is 1. The molecule has 0 aliphatic carbocycles. The Hall–Kier alpha value is -3.78. The van der Waals surface area contributed by atoms with Crippen molar-refractivity contribution in [2.45, 2.75) is 13.3 Å². The Bertz CT molecular complexity index is 1380. The third-order valence-electron chi connectivity index (χ3n) is 4.84. The summed E-state index contributed by atoms with van der Waals surface area (Å²) in [5.41, 5.74) is 1.70. The number of rotatable bonds is 7. The van der Waals surface area contributed by atoms with Gasteiger partial charge in [0.1, 0.15) is 11.6 Å². The number of halogens is 1. The van der Waals surface area contributed by atoms with Crippen molar-refractivity contribution in [3.63, 3.8) is 0 Å². The second kappa shape index (κ2) is 10.2. The highest BCUT2D eigenvalue weighted by molar-refractivity contribution is 9.10. The van der Waals surface area contributed by atoms with Crippen LogP contribution in [0.4, 0.5) is 5.69 Å². The minimum atomic E-state index is -0.276. The summed E-state index contributed by atoms with van der Waals surface area (Å²) < 4.78 is 7.81. The summed E-state index contributed by atoms with van der Waals surface area (Å²) >= 11 is 3.40. The molecule has 1 aromatic heterocycles. The summed E-state index contributed by atoms with van der Waals surface area (Å²) in [6, 6.07) is 21.7. The van der Waals surface area contributed by atoms with Gasteiger partial charge in [0, 0.05) is 22.1 Å². The molecule has 7 nitrogen and oxygen atoms in total. The van der Waals surface area contributed by atoms with E-state index in [2.05, 4.69) is 31.3 Å². The maximum absolute atomic E-state index is 13.1. The molecule has 4 rings (SSSR count). The van der Waals surface area contributed by atoms with Crippen molar-refractivity contribution >= 4 is 44.6 Å². The largest absolute Gasteiger partial charge is 0.483 e. The van der Waals surface area contributed by atoms with E-state index in [1.54, 1.807) is 42.5 Å². The van der Waals surface area contributed by atoms with Gasteiger partial charge in [-0.05, 0) is 42.5 Å². The van der Waals surface area contributed by atoms with Crippen molar-refractivity contribution in [1.29, 1.82) is 0 Å². The van der Waals surface area contributed by atoms with E-state index in [-0.39, 0.29) is 18.1 Å². The standard InChI is InChI=1S/C25H21BrN4O3/c1-2-23-29-21-13-12-18(26)14-20(21)25(32)30(23)27-15-17-8-6-7-11-22(17)33-16-24(31)28-19-9-4-3-5-10-19/h3-15H,2,16H2,1H3,(H,28,31). The van der Waals surface area contributed by atoms with Crippen LogP contribution in [0.3, 0.4) is 0 Å². The van der Waals surface area contributed by atoms with Gasteiger partial charge in [0.25, 0.3) is 11.5 Å². The molecule has 4 aromatic rings. The van der Waals surface area contributed by atoms with E-state index in [9.17, 15) is 9.59 Å². The van der Waals surface area contributed by atoms with Crippen LogP contribution >= 0.6 is 15.9 Å². The highest BCUT2D eigenvalue weighted by Gasteiger charge is 2.11. The molecule has 0 bridgehead atoms. The summed E-state index contributed by atoms with van der Waals surface area (Å²) in [6.07, 6.45) is 2.08. The molecule has 1 N–H and O–H groups in total. The number of hydrogen-bond acceptors (Lipinski definition) is 5. The normalized spacial score (nSPS) is 11.1. The number of benzene rings is 3. The monoisotopic (exact) mass is 504 g/mol. The van der Waals surface area contributed by atoms with Gasteiger partial charge < -0.3 is 10.1 Å². The van der Waals surface area contributed by atoms with Crippen LogP contribution in [-0.2, 0) is 11.2 Å². The van der Waals surface area contributed by atoms with Gasteiger partial charge in [-0.15, -0.1) is 0 Å². The quantitative estimate of drug-likeness (QED) is 0.372. The molecule has 8 heteroatoms. The zero-order chi connectivity index (χ0) is 23.2. The van der Waals surface area contributed by atoms with Crippen molar-refractivity contribution in [2.24, 2.45) is 5.10 Å². The zero-order valence-corrected chi connectivity index (χ0v) is 19.5. The van der Waals surface area contributed by atoms with Gasteiger partial charge in [0.05, 0.1) is 17.1 Å². The molecule has 166 valence electrons.